The van der Waals surface area contributed by atoms with Gasteiger partial charge in [0.2, 0.25) is 5.89 Å². The van der Waals surface area contributed by atoms with Crippen molar-refractivity contribution in [2.24, 2.45) is 0 Å². The fourth-order valence-corrected chi connectivity index (χ4v) is 1.28. The molecule has 0 N–H and O–H groups in total. The van der Waals surface area contributed by atoms with Crippen LogP contribution in [0.4, 0.5) is 4.39 Å². The third kappa shape index (κ3) is 2.06. The van der Waals surface area contributed by atoms with E-state index in [1.54, 1.807) is 14.0 Å². The van der Waals surface area contributed by atoms with Crippen molar-refractivity contribution in [3.63, 3.8) is 0 Å². The molecule has 0 spiro atoms. The van der Waals surface area contributed by atoms with E-state index < -0.39 is 5.82 Å². The first kappa shape index (κ1) is 10.7. The molecule has 0 atom stereocenters. The monoisotopic (exact) mass is 223 g/mol. The highest BCUT2D eigenvalue weighted by Gasteiger charge is 2.13. The van der Waals surface area contributed by atoms with E-state index in [0.717, 1.165) is 6.20 Å². The van der Waals surface area contributed by atoms with Crippen LogP contribution in [0.2, 0.25) is 0 Å². The predicted molar refractivity (Wildman–Crippen MR) is 52.9 cm³/mol. The van der Waals surface area contributed by atoms with Crippen LogP contribution < -0.4 is 0 Å². The van der Waals surface area contributed by atoms with Gasteiger partial charge in [-0.3, -0.25) is 4.98 Å². The van der Waals surface area contributed by atoms with Crippen LogP contribution >= 0.6 is 0 Å². The SMILES string of the molecule is COCc1cc(-c2nnc(C)o2)c(F)cn1. The Kier molecular flexibility index (Phi) is 2.91. The molecule has 0 unspecified atom stereocenters. The van der Waals surface area contributed by atoms with Crippen molar-refractivity contribution in [1.29, 1.82) is 0 Å². The second-order valence-corrected chi connectivity index (χ2v) is 3.21. The molecule has 0 fully saturated rings. The van der Waals surface area contributed by atoms with Crippen LogP contribution in [0.3, 0.4) is 0 Å². The summed E-state index contributed by atoms with van der Waals surface area (Å²) in [6, 6.07) is 1.53. The molecule has 0 bridgehead atoms. The summed E-state index contributed by atoms with van der Waals surface area (Å²) in [4.78, 5) is 3.87. The standard InChI is InChI=1S/C10H10FN3O2/c1-6-13-14-10(16-6)8-3-7(5-15-2)12-4-9(8)11/h3-4H,5H2,1-2H3. The van der Waals surface area contributed by atoms with Crippen molar-refractivity contribution >= 4 is 0 Å². The number of hydrogen-bond donors (Lipinski definition) is 0. The van der Waals surface area contributed by atoms with Crippen LogP contribution in [-0.2, 0) is 11.3 Å². The second kappa shape index (κ2) is 4.36. The average molecular weight is 223 g/mol. The largest absolute Gasteiger partial charge is 0.421 e. The van der Waals surface area contributed by atoms with E-state index in [-0.39, 0.29) is 11.5 Å². The maximum absolute atomic E-state index is 13.5. The number of ether oxygens (including phenoxy) is 1. The molecule has 84 valence electrons. The lowest BCUT2D eigenvalue weighted by Gasteiger charge is -2.01. The summed E-state index contributed by atoms with van der Waals surface area (Å²) in [7, 11) is 1.54. The topological polar surface area (TPSA) is 61.0 Å². The molecule has 0 aromatic carbocycles. The van der Waals surface area contributed by atoms with Crippen molar-refractivity contribution < 1.29 is 13.5 Å². The lowest BCUT2D eigenvalue weighted by atomic mass is 10.2. The van der Waals surface area contributed by atoms with Crippen LogP contribution in [0.25, 0.3) is 11.5 Å². The van der Waals surface area contributed by atoms with Gasteiger partial charge < -0.3 is 9.15 Å². The Morgan fingerprint density at radius 1 is 1.44 bits per heavy atom. The molecule has 0 aliphatic heterocycles. The van der Waals surface area contributed by atoms with Crippen LogP contribution in [-0.4, -0.2) is 22.3 Å². The molecule has 16 heavy (non-hydrogen) atoms. The molecule has 0 radical (unpaired) electrons. The third-order valence-corrected chi connectivity index (χ3v) is 1.96. The second-order valence-electron chi connectivity index (χ2n) is 3.21. The Bertz CT molecular complexity index is 499. The molecule has 6 heteroatoms. The highest BCUT2D eigenvalue weighted by atomic mass is 19.1. The lowest BCUT2D eigenvalue weighted by molar-refractivity contribution is 0.181. The first-order valence-electron chi connectivity index (χ1n) is 4.64. The van der Waals surface area contributed by atoms with E-state index in [2.05, 4.69) is 15.2 Å². The number of pyridine rings is 1. The number of methoxy groups -OCH3 is 1. The number of hydrogen-bond acceptors (Lipinski definition) is 5. The van der Waals surface area contributed by atoms with E-state index in [1.807, 2.05) is 0 Å². The minimum absolute atomic E-state index is 0.148. The van der Waals surface area contributed by atoms with Gasteiger partial charge in [-0.15, -0.1) is 10.2 Å². The van der Waals surface area contributed by atoms with Gasteiger partial charge in [-0.1, -0.05) is 0 Å². The summed E-state index contributed by atoms with van der Waals surface area (Å²) in [6.45, 7) is 1.95. The molecule has 2 aromatic rings. The lowest BCUT2D eigenvalue weighted by Crippen LogP contribution is -1.95. The van der Waals surface area contributed by atoms with Gasteiger partial charge in [0.25, 0.3) is 5.89 Å². The minimum atomic E-state index is -0.497. The molecule has 0 saturated heterocycles. The van der Waals surface area contributed by atoms with E-state index in [9.17, 15) is 4.39 Å². The highest BCUT2D eigenvalue weighted by molar-refractivity contribution is 5.53. The summed E-state index contributed by atoms with van der Waals surface area (Å²) in [6.07, 6.45) is 1.11. The van der Waals surface area contributed by atoms with Crippen molar-refractivity contribution in [1.82, 2.24) is 15.2 Å². The van der Waals surface area contributed by atoms with E-state index >= 15 is 0 Å². The normalized spacial score (nSPS) is 10.7. The Labute approximate surface area is 91.3 Å². The molecule has 0 amide bonds. The fourth-order valence-electron chi connectivity index (χ4n) is 1.28. The van der Waals surface area contributed by atoms with Crippen LogP contribution in [0.1, 0.15) is 11.6 Å². The van der Waals surface area contributed by atoms with Crippen LogP contribution in [0.15, 0.2) is 16.7 Å². The van der Waals surface area contributed by atoms with Crippen molar-refractivity contribution in [3.05, 3.63) is 29.7 Å². The molecular formula is C10H10FN3O2. The summed E-state index contributed by atoms with van der Waals surface area (Å²) >= 11 is 0. The van der Waals surface area contributed by atoms with Crippen molar-refractivity contribution in [3.8, 4) is 11.5 Å². The zero-order valence-electron chi connectivity index (χ0n) is 8.90. The Balaban J connectivity index is 2.42. The number of aromatic nitrogens is 3. The Morgan fingerprint density at radius 3 is 2.88 bits per heavy atom. The van der Waals surface area contributed by atoms with Crippen molar-refractivity contribution in [2.75, 3.05) is 7.11 Å². The van der Waals surface area contributed by atoms with Gasteiger partial charge in [-0.25, -0.2) is 4.39 Å². The molecule has 0 aliphatic carbocycles. The molecule has 2 rings (SSSR count). The minimum Gasteiger partial charge on any atom is -0.421 e. The Morgan fingerprint density at radius 2 is 2.25 bits per heavy atom. The van der Waals surface area contributed by atoms with Gasteiger partial charge in [0.05, 0.1) is 24.1 Å². The number of halogens is 1. The summed E-state index contributed by atoms with van der Waals surface area (Å²) in [5.74, 6) is 0.0396. The first-order chi connectivity index (χ1) is 7.70. The van der Waals surface area contributed by atoms with Gasteiger partial charge in [-0.05, 0) is 6.07 Å². The van der Waals surface area contributed by atoms with E-state index in [4.69, 9.17) is 9.15 Å². The van der Waals surface area contributed by atoms with Gasteiger partial charge in [0.1, 0.15) is 0 Å². The zero-order chi connectivity index (χ0) is 11.5. The van der Waals surface area contributed by atoms with Gasteiger partial charge in [0, 0.05) is 14.0 Å². The quantitative estimate of drug-likeness (QED) is 0.792. The molecular weight excluding hydrogens is 213 g/mol. The molecule has 2 aromatic heterocycles. The van der Waals surface area contributed by atoms with Gasteiger partial charge >= 0.3 is 0 Å². The molecule has 0 saturated carbocycles. The molecule has 5 nitrogen and oxygen atoms in total. The third-order valence-electron chi connectivity index (χ3n) is 1.96. The van der Waals surface area contributed by atoms with E-state index in [0.29, 0.717) is 18.2 Å². The van der Waals surface area contributed by atoms with E-state index in [1.165, 1.54) is 6.07 Å². The summed E-state index contributed by atoms with van der Waals surface area (Å²) in [5, 5.41) is 7.40. The fraction of sp³-hybridized carbons (Fsp3) is 0.300. The first-order valence-corrected chi connectivity index (χ1v) is 4.64. The van der Waals surface area contributed by atoms with Gasteiger partial charge in [0.15, 0.2) is 5.82 Å². The van der Waals surface area contributed by atoms with Crippen molar-refractivity contribution in [2.45, 2.75) is 13.5 Å². The summed E-state index contributed by atoms with van der Waals surface area (Å²) < 4.78 is 23.5. The number of rotatable bonds is 3. The average Bonchev–Trinajstić information content (AvgIpc) is 2.68. The maximum atomic E-state index is 13.5. The van der Waals surface area contributed by atoms with Crippen LogP contribution in [0, 0.1) is 12.7 Å². The van der Waals surface area contributed by atoms with Crippen LogP contribution in [0.5, 0.6) is 0 Å². The maximum Gasteiger partial charge on any atom is 0.250 e. The highest BCUT2D eigenvalue weighted by Crippen LogP contribution is 2.21. The number of aryl methyl sites for hydroxylation is 1. The molecule has 2 heterocycles. The Hall–Kier alpha value is -1.82. The zero-order valence-corrected chi connectivity index (χ0v) is 8.90. The summed E-state index contributed by atoms with van der Waals surface area (Å²) in [5.41, 5.74) is 0.845. The smallest absolute Gasteiger partial charge is 0.250 e. The molecule has 0 aliphatic rings. The number of nitrogens with zero attached hydrogens (tertiary/aromatic N) is 3. The predicted octanol–water partition coefficient (Wildman–Crippen LogP) is 1.73. The van der Waals surface area contributed by atoms with Gasteiger partial charge in [-0.2, -0.15) is 0 Å².